The zero-order valence-electron chi connectivity index (χ0n) is 20.0. The summed E-state index contributed by atoms with van der Waals surface area (Å²) in [6.45, 7) is 6.73. The molecule has 8 nitrogen and oxygen atoms in total. The minimum absolute atomic E-state index is 0.162. The smallest absolute Gasteiger partial charge is 0.337 e. The van der Waals surface area contributed by atoms with Gasteiger partial charge in [-0.3, -0.25) is 9.36 Å². The van der Waals surface area contributed by atoms with Crippen LogP contribution >= 0.6 is 7.60 Å². The summed E-state index contributed by atoms with van der Waals surface area (Å²) in [4.78, 5) is 12.6. The number of ether oxygens (including phenoxy) is 4. The first-order valence-electron chi connectivity index (χ1n) is 11.0. The van der Waals surface area contributed by atoms with E-state index in [1.807, 2.05) is 45.0 Å². The van der Waals surface area contributed by atoms with Crippen molar-refractivity contribution in [3.05, 3.63) is 29.8 Å². The number of hydrogen-bond acceptors (Lipinski definition) is 8. The quantitative estimate of drug-likeness (QED) is 0.363. The van der Waals surface area contributed by atoms with E-state index < -0.39 is 13.4 Å². The first kappa shape index (κ1) is 27.0. The summed E-state index contributed by atoms with van der Waals surface area (Å²) in [5, 5.41) is 0. The summed E-state index contributed by atoms with van der Waals surface area (Å²) < 4.78 is 45.9. The molecule has 0 aromatic heterocycles. The molecule has 3 atom stereocenters. The van der Waals surface area contributed by atoms with Crippen LogP contribution in [0.3, 0.4) is 0 Å². The summed E-state index contributed by atoms with van der Waals surface area (Å²) >= 11 is 0. The molecule has 1 fully saturated rings. The van der Waals surface area contributed by atoms with Gasteiger partial charge >= 0.3 is 7.60 Å². The monoisotopic (exact) mass is 472 g/mol. The lowest BCUT2D eigenvalue weighted by atomic mass is 9.94. The molecule has 1 aliphatic heterocycles. The van der Waals surface area contributed by atoms with Gasteiger partial charge in [-0.05, 0) is 36.5 Å². The molecular formula is C23H37O8P. The molecule has 0 bridgehead atoms. The van der Waals surface area contributed by atoms with Gasteiger partial charge in [-0.1, -0.05) is 32.9 Å². The van der Waals surface area contributed by atoms with Crippen molar-refractivity contribution in [1.29, 1.82) is 0 Å². The SMILES string of the molecule is CCC1(CC)OC[C@@H]([C@@H](OCc2ccc(OC)cc2)[C@@H](C)CC(=O)CP(=O)(OC)OC)O1. The second-order valence-corrected chi connectivity index (χ2v) is 10.3. The standard InChI is InChI=1S/C23H37O8P/c1-7-23(8-2)30-15-21(31-23)22(29-14-18-9-11-20(26-4)12-10-18)17(3)13-19(24)16-32(25,27-5)28-6/h9-12,17,21-22H,7-8,13-16H2,1-6H3/t17-,21-,22-/m0/s1. The van der Waals surface area contributed by atoms with Gasteiger partial charge in [0.1, 0.15) is 23.8 Å². The van der Waals surface area contributed by atoms with Gasteiger partial charge in [0.2, 0.25) is 0 Å². The second-order valence-electron chi connectivity index (χ2n) is 8.06. The molecule has 0 aliphatic carbocycles. The third-order valence-electron chi connectivity index (χ3n) is 5.96. The number of carbonyl (C=O) groups is 1. The van der Waals surface area contributed by atoms with Gasteiger partial charge in [0.05, 0.1) is 26.4 Å². The molecule has 9 heteroatoms. The number of carbonyl (C=O) groups excluding carboxylic acids is 1. The maximum absolute atomic E-state index is 12.6. The Bertz CT molecular complexity index is 754. The molecule has 2 rings (SSSR count). The first-order chi connectivity index (χ1) is 15.2. The van der Waals surface area contributed by atoms with Crippen molar-refractivity contribution in [2.75, 3.05) is 34.1 Å². The van der Waals surface area contributed by atoms with Crippen molar-refractivity contribution >= 4 is 13.4 Å². The van der Waals surface area contributed by atoms with Crippen molar-refractivity contribution < 1.29 is 37.4 Å². The number of Topliss-reactive ketones (excluding diaryl/α,β-unsaturated/α-hetero) is 1. The molecule has 182 valence electrons. The highest BCUT2D eigenvalue weighted by Gasteiger charge is 2.44. The molecule has 32 heavy (non-hydrogen) atoms. The van der Waals surface area contributed by atoms with Gasteiger partial charge in [0.25, 0.3) is 0 Å². The Morgan fingerprint density at radius 3 is 2.28 bits per heavy atom. The molecule has 0 radical (unpaired) electrons. The minimum atomic E-state index is -3.41. The van der Waals surface area contributed by atoms with Crippen LogP contribution in [0.2, 0.25) is 0 Å². The van der Waals surface area contributed by atoms with E-state index in [4.69, 9.17) is 28.0 Å². The summed E-state index contributed by atoms with van der Waals surface area (Å²) in [6.07, 6.45) is 0.644. The van der Waals surface area contributed by atoms with Crippen molar-refractivity contribution in [3.63, 3.8) is 0 Å². The summed E-state index contributed by atoms with van der Waals surface area (Å²) in [5.41, 5.74) is 0.980. The largest absolute Gasteiger partial charge is 0.497 e. The van der Waals surface area contributed by atoms with E-state index >= 15 is 0 Å². The Morgan fingerprint density at radius 2 is 1.78 bits per heavy atom. The van der Waals surface area contributed by atoms with Crippen LogP contribution in [0.4, 0.5) is 0 Å². The topological polar surface area (TPSA) is 89.5 Å². The third-order valence-corrected chi connectivity index (χ3v) is 7.81. The molecule has 0 N–H and O–H groups in total. The molecule has 1 saturated heterocycles. The predicted molar refractivity (Wildman–Crippen MR) is 121 cm³/mol. The number of ketones is 1. The Balaban J connectivity index is 2.11. The van der Waals surface area contributed by atoms with Gasteiger partial charge < -0.3 is 28.0 Å². The van der Waals surface area contributed by atoms with Crippen LogP contribution in [-0.2, 0) is 39.2 Å². The Kier molecular flexibility index (Phi) is 10.3. The van der Waals surface area contributed by atoms with Crippen LogP contribution in [0.15, 0.2) is 24.3 Å². The number of rotatable bonds is 14. The van der Waals surface area contributed by atoms with Crippen LogP contribution in [0.5, 0.6) is 5.75 Å². The zero-order valence-corrected chi connectivity index (χ0v) is 20.9. The molecular weight excluding hydrogens is 435 g/mol. The molecule has 0 saturated carbocycles. The van der Waals surface area contributed by atoms with Gasteiger partial charge in [-0.2, -0.15) is 0 Å². The molecule has 1 aliphatic rings. The van der Waals surface area contributed by atoms with Gasteiger partial charge in [-0.15, -0.1) is 0 Å². The van der Waals surface area contributed by atoms with Gasteiger partial charge in [0.15, 0.2) is 5.79 Å². The lowest BCUT2D eigenvalue weighted by molar-refractivity contribution is -0.190. The van der Waals surface area contributed by atoms with E-state index in [1.165, 1.54) is 14.2 Å². The maximum Gasteiger partial charge on any atom is 0.337 e. The fraction of sp³-hybridized carbons (Fsp3) is 0.696. The molecule has 1 aromatic carbocycles. The van der Waals surface area contributed by atoms with Crippen LogP contribution < -0.4 is 4.74 Å². The third kappa shape index (κ3) is 7.11. The lowest BCUT2D eigenvalue weighted by Gasteiger charge is -2.31. The predicted octanol–water partition coefficient (Wildman–Crippen LogP) is 4.59. The van der Waals surface area contributed by atoms with E-state index in [9.17, 15) is 9.36 Å². The fourth-order valence-corrected chi connectivity index (χ4v) is 4.84. The van der Waals surface area contributed by atoms with Crippen LogP contribution in [-0.4, -0.2) is 57.9 Å². The average Bonchev–Trinajstić information content (AvgIpc) is 3.24. The summed E-state index contributed by atoms with van der Waals surface area (Å²) in [5.74, 6) is -0.259. The van der Waals surface area contributed by atoms with E-state index in [0.717, 1.165) is 24.2 Å². The molecule has 1 heterocycles. The van der Waals surface area contributed by atoms with E-state index in [0.29, 0.717) is 13.2 Å². The zero-order chi connectivity index (χ0) is 23.8. The van der Waals surface area contributed by atoms with Crippen LogP contribution in [0.25, 0.3) is 0 Å². The second kappa shape index (κ2) is 12.3. The molecule has 0 spiro atoms. The molecule has 1 aromatic rings. The highest BCUT2D eigenvalue weighted by atomic mass is 31.2. The molecule has 0 amide bonds. The van der Waals surface area contributed by atoms with E-state index in [1.54, 1.807) is 7.11 Å². The average molecular weight is 473 g/mol. The fourth-order valence-electron chi connectivity index (χ4n) is 3.87. The van der Waals surface area contributed by atoms with Crippen molar-refractivity contribution in [1.82, 2.24) is 0 Å². The van der Waals surface area contributed by atoms with Gasteiger partial charge in [-0.25, -0.2) is 0 Å². The minimum Gasteiger partial charge on any atom is -0.497 e. The van der Waals surface area contributed by atoms with E-state index in [-0.39, 0.29) is 36.5 Å². The van der Waals surface area contributed by atoms with Crippen molar-refractivity contribution in [2.24, 2.45) is 5.92 Å². The van der Waals surface area contributed by atoms with E-state index in [2.05, 4.69) is 0 Å². The summed E-state index contributed by atoms with van der Waals surface area (Å²) in [6, 6.07) is 7.63. The normalized spacial score (nSPS) is 20.1. The summed E-state index contributed by atoms with van der Waals surface area (Å²) in [7, 11) is 0.770. The molecule has 0 unspecified atom stereocenters. The number of hydrogen-bond donors (Lipinski definition) is 0. The van der Waals surface area contributed by atoms with Crippen molar-refractivity contribution in [2.45, 2.75) is 64.6 Å². The van der Waals surface area contributed by atoms with Gasteiger partial charge in [0, 0.05) is 20.6 Å². The Hall–Kier alpha value is -1.28. The van der Waals surface area contributed by atoms with Crippen molar-refractivity contribution in [3.8, 4) is 5.75 Å². The lowest BCUT2D eigenvalue weighted by Crippen LogP contribution is -2.39. The highest BCUT2D eigenvalue weighted by molar-refractivity contribution is 7.54. The number of methoxy groups -OCH3 is 1. The highest BCUT2D eigenvalue weighted by Crippen LogP contribution is 2.46. The first-order valence-corrected chi connectivity index (χ1v) is 12.7. The number of benzene rings is 1. The van der Waals surface area contributed by atoms with Crippen LogP contribution in [0.1, 0.15) is 45.6 Å². The Morgan fingerprint density at radius 1 is 1.16 bits per heavy atom. The maximum atomic E-state index is 12.6. The van der Waals surface area contributed by atoms with Crippen LogP contribution in [0, 0.1) is 5.92 Å². The Labute approximate surface area is 191 Å².